The van der Waals surface area contributed by atoms with Crippen molar-refractivity contribution < 1.29 is 18.7 Å². The minimum atomic E-state index is -0.488. The van der Waals surface area contributed by atoms with Crippen molar-refractivity contribution in [2.45, 2.75) is 12.8 Å². The van der Waals surface area contributed by atoms with Gasteiger partial charge in [-0.3, -0.25) is 9.59 Å². The molecule has 3 rings (SSSR count). The Morgan fingerprint density at radius 3 is 2.73 bits per heavy atom. The van der Waals surface area contributed by atoms with E-state index in [4.69, 9.17) is 4.74 Å². The van der Waals surface area contributed by atoms with Gasteiger partial charge in [0, 0.05) is 19.5 Å². The van der Waals surface area contributed by atoms with Crippen molar-refractivity contribution in [1.29, 1.82) is 0 Å². The summed E-state index contributed by atoms with van der Waals surface area (Å²) in [5, 5.41) is 2.57. The maximum atomic E-state index is 13.7. The van der Waals surface area contributed by atoms with Gasteiger partial charge in [0.1, 0.15) is 11.6 Å². The molecule has 5 nitrogen and oxygen atoms in total. The minimum absolute atomic E-state index is 0.0615. The van der Waals surface area contributed by atoms with Gasteiger partial charge in [0.05, 0.1) is 18.7 Å². The molecule has 0 aliphatic carbocycles. The molecule has 0 spiro atoms. The molecule has 1 fully saturated rings. The number of ether oxygens (including phenoxy) is 1. The summed E-state index contributed by atoms with van der Waals surface area (Å²) >= 11 is 0. The summed E-state index contributed by atoms with van der Waals surface area (Å²) in [5.41, 5.74) is 1.15. The van der Waals surface area contributed by atoms with Crippen LogP contribution in [0.4, 0.5) is 10.1 Å². The predicted octanol–water partition coefficient (Wildman–Crippen LogP) is 2.86. The zero-order valence-electron chi connectivity index (χ0n) is 14.6. The second kappa shape index (κ2) is 7.99. The molecular weight excluding hydrogens is 335 g/mol. The Labute approximate surface area is 151 Å². The minimum Gasteiger partial charge on any atom is -0.496 e. The lowest BCUT2D eigenvalue weighted by Gasteiger charge is -2.17. The van der Waals surface area contributed by atoms with Crippen LogP contribution in [0.2, 0.25) is 0 Å². The molecule has 0 aromatic heterocycles. The van der Waals surface area contributed by atoms with E-state index in [0.717, 1.165) is 11.3 Å². The molecule has 1 atom stereocenters. The first kappa shape index (κ1) is 17.9. The molecule has 1 N–H and O–H groups in total. The fraction of sp³-hybridized carbons (Fsp3) is 0.300. The highest BCUT2D eigenvalue weighted by Crippen LogP contribution is 2.23. The molecule has 2 aromatic carbocycles. The Kier molecular flexibility index (Phi) is 5.51. The lowest BCUT2D eigenvalue weighted by Crippen LogP contribution is -2.30. The normalized spacial score (nSPS) is 16.6. The number of benzene rings is 2. The van der Waals surface area contributed by atoms with E-state index in [1.54, 1.807) is 24.1 Å². The topological polar surface area (TPSA) is 58.6 Å². The van der Waals surface area contributed by atoms with Crippen molar-refractivity contribution in [1.82, 2.24) is 4.90 Å². The summed E-state index contributed by atoms with van der Waals surface area (Å²) in [7, 11) is 1.61. The summed E-state index contributed by atoms with van der Waals surface area (Å²) in [6.45, 7) is 0.858. The lowest BCUT2D eigenvalue weighted by molar-refractivity contribution is -0.128. The number of rotatable bonds is 6. The number of nitrogens with zero attached hydrogens (tertiary/aromatic N) is 1. The van der Waals surface area contributed by atoms with Crippen LogP contribution >= 0.6 is 0 Å². The van der Waals surface area contributed by atoms with Gasteiger partial charge < -0.3 is 15.0 Å². The second-order valence-electron chi connectivity index (χ2n) is 6.27. The van der Waals surface area contributed by atoms with Crippen molar-refractivity contribution >= 4 is 17.5 Å². The zero-order chi connectivity index (χ0) is 18.5. The third-order valence-electron chi connectivity index (χ3n) is 4.56. The molecule has 136 valence electrons. The van der Waals surface area contributed by atoms with Crippen molar-refractivity contribution in [3.05, 3.63) is 59.9 Å². The number of hydrogen-bond donors (Lipinski definition) is 1. The third-order valence-corrected chi connectivity index (χ3v) is 4.56. The first-order valence-electron chi connectivity index (χ1n) is 8.53. The number of anilines is 1. The maximum Gasteiger partial charge on any atom is 0.229 e. The highest BCUT2D eigenvalue weighted by Gasteiger charge is 2.34. The number of nitrogens with one attached hydrogen (secondary N) is 1. The van der Waals surface area contributed by atoms with Gasteiger partial charge in [-0.05, 0) is 30.2 Å². The molecule has 1 unspecified atom stereocenters. The summed E-state index contributed by atoms with van der Waals surface area (Å²) in [6.07, 6.45) is 0.795. The number of hydrogen-bond acceptors (Lipinski definition) is 3. The van der Waals surface area contributed by atoms with Gasteiger partial charge in [-0.1, -0.05) is 30.3 Å². The van der Waals surface area contributed by atoms with Crippen LogP contribution in [-0.2, 0) is 16.0 Å². The van der Waals surface area contributed by atoms with E-state index in [1.165, 1.54) is 12.1 Å². The van der Waals surface area contributed by atoms with E-state index >= 15 is 0 Å². The van der Waals surface area contributed by atoms with Gasteiger partial charge in [-0.15, -0.1) is 0 Å². The number of carbonyl (C=O) groups excluding carboxylic acids is 2. The van der Waals surface area contributed by atoms with Crippen molar-refractivity contribution in [2.24, 2.45) is 5.92 Å². The lowest BCUT2D eigenvalue weighted by atomic mass is 10.1. The second-order valence-corrected chi connectivity index (χ2v) is 6.27. The Bertz CT molecular complexity index is 809. The van der Waals surface area contributed by atoms with Gasteiger partial charge in [0.15, 0.2) is 0 Å². The van der Waals surface area contributed by atoms with Crippen LogP contribution in [0.5, 0.6) is 5.75 Å². The standard InChI is InChI=1S/C20H21FN2O3/c1-26-18-9-5-2-6-14(18)10-11-23-13-15(12-19(23)24)20(25)22-17-8-4-3-7-16(17)21/h2-9,15H,10-13H2,1H3,(H,22,25). The van der Waals surface area contributed by atoms with Crippen LogP contribution in [0.3, 0.4) is 0 Å². The van der Waals surface area contributed by atoms with E-state index in [-0.39, 0.29) is 23.9 Å². The van der Waals surface area contributed by atoms with Crippen molar-refractivity contribution in [2.75, 3.05) is 25.5 Å². The van der Waals surface area contributed by atoms with E-state index in [2.05, 4.69) is 5.32 Å². The molecule has 0 radical (unpaired) electrons. The number of carbonyl (C=O) groups is 2. The monoisotopic (exact) mass is 356 g/mol. The van der Waals surface area contributed by atoms with Crippen molar-refractivity contribution in [3.8, 4) is 5.75 Å². The molecule has 2 aromatic rings. The molecule has 1 aliphatic heterocycles. The molecule has 0 saturated carbocycles. The van der Waals surface area contributed by atoms with Crippen LogP contribution in [0.15, 0.2) is 48.5 Å². The highest BCUT2D eigenvalue weighted by molar-refractivity contribution is 5.97. The maximum absolute atomic E-state index is 13.7. The SMILES string of the molecule is COc1ccccc1CCN1CC(C(=O)Nc2ccccc2F)CC1=O. The van der Waals surface area contributed by atoms with E-state index in [0.29, 0.717) is 19.5 Å². The summed E-state index contributed by atoms with van der Waals surface area (Å²) in [5.74, 6) is -0.567. The highest BCUT2D eigenvalue weighted by atomic mass is 19.1. The Morgan fingerprint density at radius 2 is 1.96 bits per heavy atom. The molecular formula is C20H21FN2O3. The Morgan fingerprint density at radius 1 is 1.23 bits per heavy atom. The van der Waals surface area contributed by atoms with Gasteiger partial charge in [0.2, 0.25) is 11.8 Å². The Hall–Kier alpha value is -2.89. The van der Waals surface area contributed by atoms with Crippen LogP contribution < -0.4 is 10.1 Å². The number of para-hydroxylation sites is 2. The van der Waals surface area contributed by atoms with Gasteiger partial charge in [-0.25, -0.2) is 4.39 Å². The van der Waals surface area contributed by atoms with Crippen LogP contribution in [0.25, 0.3) is 0 Å². The van der Waals surface area contributed by atoms with Gasteiger partial charge in [-0.2, -0.15) is 0 Å². The predicted molar refractivity (Wildman–Crippen MR) is 96.4 cm³/mol. The van der Waals surface area contributed by atoms with Gasteiger partial charge >= 0.3 is 0 Å². The molecule has 0 bridgehead atoms. The molecule has 1 aliphatic rings. The van der Waals surface area contributed by atoms with Crippen LogP contribution in [-0.4, -0.2) is 36.9 Å². The summed E-state index contributed by atoms with van der Waals surface area (Å²) in [4.78, 5) is 26.3. The summed E-state index contributed by atoms with van der Waals surface area (Å²) in [6, 6.07) is 13.7. The fourth-order valence-electron chi connectivity index (χ4n) is 3.13. The molecule has 1 saturated heterocycles. The average molecular weight is 356 g/mol. The zero-order valence-corrected chi connectivity index (χ0v) is 14.6. The molecule has 26 heavy (non-hydrogen) atoms. The first-order chi connectivity index (χ1) is 12.6. The quantitative estimate of drug-likeness (QED) is 0.866. The van der Waals surface area contributed by atoms with E-state index in [9.17, 15) is 14.0 Å². The van der Waals surface area contributed by atoms with Crippen LogP contribution in [0, 0.1) is 11.7 Å². The fourth-order valence-corrected chi connectivity index (χ4v) is 3.13. The van der Waals surface area contributed by atoms with Crippen molar-refractivity contribution in [3.63, 3.8) is 0 Å². The summed E-state index contributed by atoms with van der Waals surface area (Å²) < 4.78 is 19.0. The smallest absolute Gasteiger partial charge is 0.229 e. The van der Waals surface area contributed by atoms with E-state index in [1.807, 2.05) is 24.3 Å². The Balaban J connectivity index is 1.58. The number of likely N-dealkylation sites (tertiary alicyclic amines) is 1. The molecule has 2 amide bonds. The largest absolute Gasteiger partial charge is 0.496 e. The third kappa shape index (κ3) is 4.02. The first-order valence-corrected chi connectivity index (χ1v) is 8.53. The molecule has 1 heterocycles. The van der Waals surface area contributed by atoms with E-state index < -0.39 is 11.7 Å². The number of halogens is 1. The van der Waals surface area contributed by atoms with Crippen LogP contribution in [0.1, 0.15) is 12.0 Å². The average Bonchev–Trinajstić information content (AvgIpc) is 3.03. The number of amides is 2. The number of methoxy groups -OCH3 is 1. The molecule has 6 heteroatoms. The van der Waals surface area contributed by atoms with Gasteiger partial charge in [0.25, 0.3) is 0 Å².